The first-order chi connectivity index (χ1) is 8.24. The maximum absolute atomic E-state index is 10.0. The normalized spacial score (nSPS) is 14.2. The van der Waals surface area contributed by atoms with Crippen LogP contribution in [0.3, 0.4) is 0 Å². The number of amides is 1. The van der Waals surface area contributed by atoms with Gasteiger partial charge in [-0.2, -0.15) is 6.41 Å². The summed E-state index contributed by atoms with van der Waals surface area (Å²) in [5.41, 5.74) is 1.44. The SMILES string of the molecule is CC(CCCC1=CCCC=C1)N[C-]=O.O=CO.[Fm]. The first-order valence-corrected chi connectivity index (χ1v) is 5.80. The second kappa shape index (κ2) is 12.5. The fourth-order valence-electron chi connectivity index (χ4n) is 1.64. The Morgan fingerprint density at radius 2 is 2.22 bits per heavy atom. The maximum atomic E-state index is 10.0. The number of hydrogen-bond donors (Lipinski definition) is 2. The average molecular weight is 495 g/mol. The summed E-state index contributed by atoms with van der Waals surface area (Å²) < 4.78 is 0. The van der Waals surface area contributed by atoms with Crippen LogP contribution in [0.2, 0.25) is 0 Å². The van der Waals surface area contributed by atoms with E-state index in [2.05, 4.69) is 23.5 Å². The summed E-state index contributed by atoms with van der Waals surface area (Å²) in [5, 5.41) is 9.53. The van der Waals surface area contributed by atoms with Crippen LogP contribution >= 0.6 is 0 Å². The Balaban J connectivity index is 0. The molecule has 0 heterocycles. The van der Waals surface area contributed by atoms with E-state index in [1.165, 1.54) is 18.4 Å². The minimum absolute atomic E-state index is 0. The summed E-state index contributed by atoms with van der Waals surface area (Å²) in [4.78, 5) is 18.4. The van der Waals surface area contributed by atoms with E-state index in [1.807, 2.05) is 6.92 Å². The Kier molecular flexibility index (Phi) is 12.4. The molecule has 0 bridgehead atoms. The molecule has 5 heteroatoms. The quantitative estimate of drug-likeness (QED) is 0.338. The van der Waals surface area contributed by atoms with Crippen molar-refractivity contribution in [1.82, 2.24) is 5.32 Å². The monoisotopic (exact) mass is 495 g/mol. The van der Waals surface area contributed by atoms with E-state index in [0.717, 1.165) is 19.3 Å². The van der Waals surface area contributed by atoms with E-state index in [1.54, 1.807) is 6.41 Å². The van der Waals surface area contributed by atoms with Gasteiger partial charge in [0.15, 0.2) is 0 Å². The zero-order chi connectivity index (χ0) is 12.9. The number of carbonyl (C=O) groups is 1. The molecule has 0 saturated carbocycles. The summed E-state index contributed by atoms with van der Waals surface area (Å²) in [6, 6.07) is 0.251. The van der Waals surface area contributed by atoms with Gasteiger partial charge in [-0.3, -0.25) is 4.79 Å². The van der Waals surface area contributed by atoms with Crippen molar-refractivity contribution in [2.75, 3.05) is 0 Å². The molecular weight excluding hydrogens is 475 g/mol. The van der Waals surface area contributed by atoms with Crippen LogP contribution < -0.4 is 5.32 Å². The smallest absolute Gasteiger partial charge is 0.290 e. The summed E-state index contributed by atoms with van der Waals surface area (Å²) in [6.07, 6.45) is 14.1. The topological polar surface area (TPSA) is 66.4 Å². The van der Waals surface area contributed by atoms with Crippen molar-refractivity contribution in [3.63, 3.8) is 0 Å². The number of rotatable bonds is 6. The molecule has 1 rings (SSSR count). The molecule has 2 N–H and O–H groups in total. The van der Waals surface area contributed by atoms with Crippen molar-refractivity contribution < 1.29 is 14.7 Å². The molecule has 0 radical (unpaired) electrons. The van der Waals surface area contributed by atoms with Crippen LogP contribution in [-0.2, 0) is 9.59 Å². The van der Waals surface area contributed by atoms with Crippen LogP contribution in [0.1, 0.15) is 39.0 Å². The molecule has 0 aromatic heterocycles. The van der Waals surface area contributed by atoms with Crippen molar-refractivity contribution in [3.05, 3.63) is 23.8 Å². The Bertz CT molecular complexity index is 277. The van der Waals surface area contributed by atoms with Crippen molar-refractivity contribution in [3.8, 4) is 0 Å². The van der Waals surface area contributed by atoms with Crippen molar-refractivity contribution >= 4 is 12.9 Å². The van der Waals surface area contributed by atoms with Gasteiger partial charge in [0, 0.05) is 0 Å². The number of carbonyl (C=O) groups excluding carboxylic acids is 1. The summed E-state index contributed by atoms with van der Waals surface area (Å²) in [6.45, 7) is 1.76. The molecule has 0 aromatic rings. The first-order valence-electron chi connectivity index (χ1n) is 5.80. The van der Waals surface area contributed by atoms with Crippen LogP contribution in [0.4, 0.5) is 0 Å². The van der Waals surface area contributed by atoms with Gasteiger partial charge in [-0.05, 0) is 45.1 Å². The molecular formula is C13H20FmNO3-. The maximum Gasteiger partial charge on any atom is 0.290 e. The molecule has 0 aromatic carbocycles. The van der Waals surface area contributed by atoms with Gasteiger partial charge in [0.05, 0.1) is 0 Å². The predicted octanol–water partition coefficient (Wildman–Crippen LogP) is 2.18. The van der Waals surface area contributed by atoms with Crippen molar-refractivity contribution in [1.29, 1.82) is 0 Å². The Labute approximate surface area is 102 Å². The van der Waals surface area contributed by atoms with Gasteiger partial charge in [0.1, 0.15) is 0 Å². The van der Waals surface area contributed by atoms with Crippen molar-refractivity contribution in [2.45, 2.75) is 45.1 Å². The van der Waals surface area contributed by atoms with Gasteiger partial charge in [0.25, 0.3) is 6.47 Å². The second-order valence-electron chi connectivity index (χ2n) is 3.90. The van der Waals surface area contributed by atoms with Gasteiger partial charge in [0.2, 0.25) is 0 Å². The molecule has 1 atom stereocenters. The van der Waals surface area contributed by atoms with E-state index in [0.29, 0.717) is 0 Å². The number of nitrogens with one attached hydrogen (secondary N) is 1. The van der Waals surface area contributed by atoms with Gasteiger partial charge in [-0.25, -0.2) is 0 Å². The zero-order valence-electron chi connectivity index (χ0n) is 10.5. The van der Waals surface area contributed by atoms with Gasteiger partial charge in [-0.15, -0.1) is 0 Å². The summed E-state index contributed by atoms with van der Waals surface area (Å²) in [5.74, 6) is 0. The molecule has 18 heavy (non-hydrogen) atoms. The molecule has 4 nitrogen and oxygen atoms in total. The third-order valence-corrected chi connectivity index (χ3v) is 2.48. The van der Waals surface area contributed by atoms with Gasteiger partial charge >= 0.3 is 0 Å². The third kappa shape index (κ3) is 9.96. The Morgan fingerprint density at radius 3 is 2.72 bits per heavy atom. The molecule has 1 aliphatic carbocycles. The molecule has 108 valence electrons. The minimum atomic E-state index is -0.250. The van der Waals surface area contributed by atoms with Crippen LogP contribution in [0.5, 0.6) is 0 Å². The fourth-order valence-corrected chi connectivity index (χ4v) is 1.64. The summed E-state index contributed by atoms with van der Waals surface area (Å²) in [7, 11) is 0. The molecule has 0 saturated heterocycles. The minimum Gasteiger partial charge on any atom is -0.528 e. The number of carboxylic acid groups (broad SMARTS) is 1. The Hall–Kier alpha value is -2.58. The molecule has 1 aliphatic rings. The standard InChI is InChI=1S/C12H18NO.CH2O2.Fm/c1-11(13-10-14)6-5-9-12-7-3-2-4-8-12;2-1-3;/h3,7-8,11H,2,4-6,9H2,1H3,(H,13,14);1H,(H,2,3);/q-1;;. The third-order valence-electron chi connectivity index (χ3n) is 2.48. The van der Waals surface area contributed by atoms with Gasteiger partial charge < -0.3 is 15.2 Å². The van der Waals surface area contributed by atoms with E-state index in [4.69, 9.17) is 9.90 Å². The second-order valence-corrected chi connectivity index (χ2v) is 3.90. The average Bonchev–Trinajstić information content (AvgIpc) is 2.32. The first kappa shape index (κ1) is 17.8. The van der Waals surface area contributed by atoms with Crippen LogP contribution in [0.15, 0.2) is 23.8 Å². The van der Waals surface area contributed by atoms with Crippen molar-refractivity contribution in [2.24, 2.45) is 0 Å². The zero-order valence-corrected chi connectivity index (χ0v) is 12.9. The number of allylic oxidation sites excluding steroid dienone is 4. The molecule has 0 fully saturated rings. The Morgan fingerprint density at radius 1 is 1.56 bits per heavy atom. The van der Waals surface area contributed by atoms with E-state index >= 15 is 0 Å². The molecule has 0 aliphatic heterocycles. The van der Waals surface area contributed by atoms with E-state index in [-0.39, 0.29) is 12.5 Å². The van der Waals surface area contributed by atoms with E-state index < -0.39 is 0 Å². The van der Waals surface area contributed by atoms with Crippen LogP contribution in [-0.4, -0.2) is 24.0 Å². The predicted molar refractivity (Wildman–Crippen MR) is 67.3 cm³/mol. The van der Waals surface area contributed by atoms with Gasteiger partial charge in [-0.1, -0.05) is 23.8 Å². The molecule has 0 spiro atoms. The fraction of sp³-hybridized carbons (Fsp3) is 0.538. The van der Waals surface area contributed by atoms with E-state index in [9.17, 15) is 4.79 Å². The summed E-state index contributed by atoms with van der Waals surface area (Å²) >= 11 is 0. The van der Waals surface area contributed by atoms with Crippen LogP contribution in [0.25, 0.3) is 0 Å². The molecule has 1 amide bonds. The number of hydrogen-bond acceptors (Lipinski definition) is 2. The largest absolute Gasteiger partial charge is 0.528 e. The molecule has 1 unspecified atom stereocenters. The van der Waals surface area contributed by atoms with Crippen LogP contribution in [0, 0.1) is 0 Å².